The number of hydrogen-bond donors (Lipinski definition) is 2. The van der Waals surface area contributed by atoms with Crippen LogP contribution < -0.4 is 10.5 Å². The average Bonchev–Trinajstić information content (AvgIpc) is 2.89. The Hall–Kier alpha value is -2.14. The zero-order valence-electron chi connectivity index (χ0n) is 11.6. The first-order valence-corrected chi connectivity index (χ1v) is 7.76. The number of benzene rings is 1. The lowest BCUT2D eigenvalue weighted by Gasteiger charge is -2.07. The van der Waals surface area contributed by atoms with E-state index in [4.69, 9.17) is 5.73 Å². The molecule has 3 N–H and O–H groups in total. The summed E-state index contributed by atoms with van der Waals surface area (Å²) >= 11 is 0. The molecule has 1 aromatic carbocycles. The van der Waals surface area contributed by atoms with Crippen LogP contribution in [0.5, 0.6) is 0 Å². The normalized spacial score (nSPS) is 11.0. The molecule has 7 heteroatoms. The first kappa shape index (κ1) is 15.3. The van der Waals surface area contributed by atoms with E-state index >= 15 is 0 Å². The Morgan fingerprint density at radius 2 is 2.24 bits per heavy atom. The molecular weight excluding hydrogens is 288 g/mol. The number of sulfonamides is 1. The minimum atomic E-state index is -3.60. The fourth-order valence-electron chi connectivity index (χ4n) is 1.70. The standard InChI is InChI=1S/C14H16N4O2S/c1-18-9-8-16-14(18)11-17-21(19,20)13-6-2-4-12(10-13)5-3-7-15/h2,4,6,8-10,17H,7,11,15H2,1H3. The van der Waals surface area contributed by atoms with E-state index in [0.717, 1.165) is 0 Å². The zero-order valence-corrected chi connectivity index (χ0v) is 12.4. The number of rotatable bonds is 4. The third kappa shape index (κ3) is 3.92. The molecule has 1 heterocycles. The molecule has 0 saturated carbocycles. The Labute approximate surface area is 124 Å². The van der Waals surface area contributed by atoms with Crippen LogP contribution in [0.3, 0.4) is 0 Å². The fraction of sp³-hybridized carbons (Fsp3) is 0.214. The summed E-state index contributed by atoms with van der Waals surface area (Å²) in [5.74, 6) is 6.14. The molecule has 0 aliphatic heterocycles. The summed E-state index contributed by atoms with van der Waals surface area (Å²) < 4.78 is 28.8. The van der Waals surface area contributed by atoms with Crippen molar-refractivity contribution in [2.45, 2.75) is 11.4 Å². The van der Waals surface area contributed by atoms with Gasteiger partial charge in [0.05, 0.1) is 18.0 Å². The van der Waals surface area contributed by atoms with Crippen LogP contribution in [0.1, 0.15) is 11.4 Å². The Kier molecular flexibility index (Phi) is 4.75. The molecule has 0 saturated heterocycles. The van der Waals surface area contributed by atoms with Crippen LogP contribution in [-0.2, 0) is 23.6 Å². The highest BCUT2D eigenvalue weighted by atomic mass is 32.2. The molecule has 1 aromatic heterocycles. The molecule has 0 unspecified atom stereocenters. The lowest BCUT2D eigenvalue weighted by atomic mass is 10.2. The van der Waals surface area contributed by atoms with Gasteiger partial charge in [-0.15, -0.1) is 0 Å². The molecule has 0 atom stereocenters. The van der Waals surface area contributed by atoms with Gasteiger partial charge in [0.25, 0.3) is 0 Å². The lowest BCUT2D eigenvalue weighted by Crippen LogP contribution is -2.24. The maximum atomic E-state index is 12.2. The van der Waals surface area contributed by atoms with E-state index in [1.807, 2.05) is 0 Å². The maximum absolute atomic E-state index is 12.2. The smallest absolute Gasteiger partial charge is 0.241 e. The summed E-state index contributed by atoms with van der Waals surface area (Å²) in [5.41, 5.74) is 5.91. The van der Waals surface area contributed by atoms with Crippen molar-refractivity contribution in [3.05, 3.63) is 48.0 Å². The minimum absolute atomic E-state index is 0.130. The topological polar surface area (TPSA) is 90.0 Å². The van der Waals surface area contributed by atoms with Crippen molar-refractivity contribution in [3.8, 4) is 11.8 Å². The molecular formula is C14H16N4O2S. The van der Waals surface area contributed by atoms with Crippen molar-refractivity contribution in [3.63, 3.8) is 0 Å². The Balaban J connectivity index is 2.17. The van der Waals surface area contributed by atoms with Crippen molar-refractivity contribution in [1.29, 1.82) is 0 Å². The highest BCUT2D eigenvalue weighted by Crippen LogP contribution is 2.11. The van der Waals surface area contributed by atoms with Gasteiger partial charge in [-0.1, -0.05) is 17.9 Å². The van der Waals surface area contributed by atoms with Gasteiger partial charge in [0, 0.05) is 25.0 Å². The molecule has 0 amide bonds. The van der Waals surface area contributed by atoms with Gasteiger partial charge in [-0.2, -0.15) is 0 Å². The van der Waals surface area contributed by atoms with Crippen LogP contribution >= 0.6 is 0 Å². The second-order valence-electron chi connectivity index (χ2n) is 4.31. The van der Waals surface area contributed by atoms with E-state index in [1.54, 1.807) is 36.1 Å². The van der Waals surface area contributed by atoms with Crippen molar-refractivity contribution >= 4 is 10.0 Å². The third-order valence-electron chi connectivity index (χ3n) is 2.82. The number of nitrogens with zero attached hydrogens (tertiary/aromatic N) is 2. The molecule has 21 heavy (non-hydrogen) atoms. The molecule has 110 valence electrons. The van der Waals surface area contributed by atoms with Crippen molar-refractivity contribution in [1.82, 2.24) is 14.3 Å². The minimum Gasteiger partial charge on any atom is -0.337 e. The second kappa shape index (κ2) is 6.54. The molecule has 0 fully saturated rings. The van der Waals surface area contributed by atoms with Gasteiger partial charge in [-0.25, -0.2) is 18.1 Å². The van der Waals surface area contributed by atoms with Crippen LogP contribution in [0.4, 0.5) is 0 Å². The Morgan fingerprint density at radius 3 is 2.90 bits per heavy atom. The first-order chi connectivity index (χ1) is 10.0. The second-order valence-corrected chi connectivity index (χ2v) is 6.08. The monoisotopic (exact) mass is 304 g/mol. The van der Waals surface area contributed by atoms with Crippen LogP contribution in [0.15, 0.2) is 41.6 Å². The van der Waals surface area contributed by atoms with Gasteiger partial charge in [0.1, 0.15) is 5.82 Å². The van der Waals surface area contributed by atoms with Crippen LogP contribution in [0.2, 0.25) is 0 Å². The lowest BCUT2D eigenvalue weighted by molar-refractivity contribution is 0.577. The Morgan fingerprint density at radius 1 is 1.43 bits per heavy atom. The zero-order chi connectivity index (χ0) is 15.3. The number of imidazole rings is 1. The number of aryl methyl sites for hydroxylation is 1. The predicted octanol–water partition coefficient (Wildman–Crippen LogP) is 0.209. The Bertz CT molecular complexity index is 785. The largest absolute Gasteiger partial charge is 0.337 e. The van der Waals surface area contributed by atoms with E-state index in [9.17, 15) is 8.42 Å². The van der Waals surface area contributed by atoms with Gasteiger partial charge in [-0.3, -0.25) is 0 Å². The molecule has 2 rings (SSSR count). The van der Waals surface area contributed by atoms with Crippen molar-refractivity contribution in [2.24, 2.45) is 12.8 Å². The van der Waals surface area contributed by atoms with E-state index in [1.165, 1.54) is 12.1 Å². The quantitative estimate of drug-likeness (QED) is 0.790. The molecule has 0 aliphatic carbocycles. The molecule has 6 nitrogen and oxygen atoms in total. The number of hydrogen-bond acceptors (Lipinski definition) is 4. The van der Waals surface area contributed by atoms with Crippen LogP contribution in [-0.4, -0.2) is 24.5 Å². The van der Waals surface area contributed by atoms with Crippen molar-refractivity contribution in [2.75, 3.05) is 6.54 Å². The van der Waals surface area contributed by atoms with Gasteiger partial charge in [-0.05, 0) is 18.2 Å². The fourth-order valence-corrected chi connectivity index (χ4v) is 2.73. The van der Waals surface area contributed by atoms with Gasteiger partial charge >= 0.3 is 0 Å². The van der Waals surface area contributed by atoms with E-state index in [-0.39, 0.29) is 18.0 Å². The number of nitrogens with two attached hydrogens (primary N) is 1. The summed E-state index contributed by atoms with van der Waals surface area (Å²) in [5, 5.41) is 0. The van der Waals surface area contributed by atoms with Gasteiger partial charge in [0.2, 0.25) is 10.0 Å². The molecule has 0 spiro atoms. The van der Waals surface area contributed by atoms with Crippen molar-refractivity contribution < 1.29 is 8.42 Å². The molecule has 2 aromatic rings. The molecule has 0 aliphatic rings. The predicted molar refractivity (Wildman–Crippen MR) is 79.6 cm³/mol. The maximum Gasteiger partial charge on any atom is 0.241 e. The van der Waals surface area contributed by atoms with Crippen LogP contribution in [0.25, 0.3) is 0 Å². The van der Waals surface area contributed by atoms with Gasteiger partial charge < -0.3 is 10.3 Å². The van der Waals surface area contributed by atoms with E-state index in [2.05, 4.69) is 21.5 Å². The van der Waals surface area contributed by atoms with Crippen LogP contribution in [0, 0.1) is 11.8 Å². The molecule has 0 radical (unpaired) electrons. The number of aromatic nitrogens is 2. The summed E-state index contributed by atoms with van der Waals surface area (Å²) in [6.45, 7) is 0.360. The SMILES string of the molecule is Cn1ccnc1CNS(=O)(=O)c1cccc(C#CCN)c1. The summed E-state index contributed by atoms with van der Waals surface area (Å²) in [6, 6.07) is 6.42. The van der Waals surface area contributed by atoms with Gasteiger partial charge in [0.15, 0.2) is 0 Å². The average molecular weight is 304 g/mol. The highest BCUT2D eigenvalue weighted by Gasteiger charge is 2.14. The molecule has 0 bridgehead atoms. The summed E-state index contributed by atoms with van der Waals surface area (Å²) in [4.78, 5) is 4.24. The highest BCUT2D eigenvalue weighted by molar-refractivity contribution is 7.89. The van der Waals surface area contributed by atoms with E-state index in [0.29, 0.717) is 11.4 Å². The third-order valence-corrected chi connectivity index (χ3v) is 4.22. The summed E-state index contributed by atoms with van der Waals surface area (Å²) in [7, 11) is -1.80. The summed E-state index contributed by atoms with van der Waals surface area (Å²) in [6.07, 6.45) is 3.37. The first-order valence-electron chi connectivity index (χ1n) is 6.28. The van der Waals surface area contributed by atoms with E-state index < -0.39 is 10.0 Å². The number of nitrogens with one attached hydrogen (secondary N) is 1.